The summed E-state index contributed by atoms with van der Waals surface area (Å²) in [6.07, 6.45) is 1.93. The van der Waals surface area contributed by atoms with Crippen molar-refractivity contribution in [1.82, 2.24) is 15.0 Å². The Morgan fingerprint density at radius 1 is 1.16 bits per heavy atom. The Morgan fingerprint density at radius 3 is 2.84 bits per heavy atom. The third-order valence-corrected chi connectivity index (χ3v) is 6.22. The first-order valence-electron chi connectivity index (χ1n) is 10.8. The van der Waals surface area contributed by atoms with E-state index in [-0.39, 0.29) is 17.4 Å². The van der Waals surface area contributed by atoms with E-state index in [0.29, 0.717) is 29.4 Å². The molecule has 3 heterocycles. The van der Waals surface area contributed by atoms with E-state index in [0.717, 1.165) is 42.4 Å². The number of fused-ring (bicyclic) bond motifs is 1. The van der Waals surface area contributed by atoms with E-state index in [1.54, 1.807) is 18.2 Å². The molecule has 1 saturated heterocycles. The maximum atomic E-state index is 13.5. The second-order valence-corrected chi connectivity index (χ2v) is 8.56. The molecule has 1 unspecified atom stereocenters. The molecule has 0 radical (unpaired) electrons. The Balaban J connectivity index is 1.37. The van der Waals surface area contributed by atoms with Gasteiger partial charge in [0.2, 0.25) is 11.7 Å². The Hall–Kier alpha value is -3.32. The minimum Gasteiger partial charge on any atom is -0.423 e. The molecule has 5 rings (SSSR count). The predicted octanol–water partition coefficient (Wildman–Crippen LogP) is 4.98. The molecule has 164 valence electrons. The first-order chi connectivity index (χ1) is 15.5. The Labute approximate surface area is 184 Å². The van der Waals surface area contributed by atoms with Crippen molar-refractivity contribution in [2.24, 2.45) is 0 Å². The summed E-state index contributed by atoms with van der Waals surface area (Å²) in [5, 5.41) is 5.03. The Bertz CT molecular complexity index is 1340. The summed E-state index contributed by atoms with van der Waals surface area (Å²) >= 11 is 0. The average Bonchev–Trinajstić information content (AvgIpc) is 3.26. The van der Waals surface area contributed by atoms with E-state index >= 15 is 0 Å². The van der Waals surface area contributed by atoms with Crippen LogP contribution in [0.5, 0.6) is 0 Å². The highest BCUT2D eigenvalue weighted by Crippen LogP contribution is 2.30. The lowest BCUT2D eigenvalue weighted by Crippen LogP contribution is -2.34. The molecule has 0 bridgehead atoms. The highest BCUT2D eigenvalue weighted by molar-refractivity contribution is 5.81. The van der Waals surface area contributed by atoms with Crippen LogP contribution in [-0.4, -0.2) is 28.1 Å². The van der Waals surface area contributed by atoms with Crippen LogP contribution in [-0.2, 0) is 6.54 Å². The standard InChI is InChI=1S/C25H24FN3O3/c1-15-9-21-19(12-23(30)31-22(21)10-16(15)2)14-29-8-4-6-18(13-29)25-27-24(28-32-25)17-5-3-7-20(26)11-17/h3,5,7,9-12,18H,4,6,8,13-14H2,1-2H3. The predicted molar refractivity (Wildman–Crippen MR) is 119 cm³/mol. The van der Waals surface area contributed by atoms with Crippen molar-refractivity contribution in [2.45, 2.75) is 39.2 Å². The van der Waals surface area contributed by atoms with Crippen LogP contribution >= 0.6 is 0 Å². The van der Waals surface area contributed by atoms with E-state index < -0.39 is 0 Å². The molecule has 1 atom stereocenters. The molecule has 2 aromatic heterocycles. The monoisotopic (exact) mass is 433 g/mol. The van der Waals surface area contributed by atoms with Crippen molar-refractivity contribution in [3.63, 3.8) is 0 Å². The average molecular weight is 433 g/mol. The highest BCUT2D eigenvalue weighted by Gasteiger charge is 2.27. The number of hydrogen-bond donors (Lipinski definition) is 0. The van der Waals surface area contributed by atoms with Crippen LogP contribution in [0, 0.1) is 19.7 Å². The fourth-order valence-electron chi connectivity index (χ4n) is 4.40. The molecule has 6 nitrogen and oxygen atoms in total. The number of likely N-dealkylation sites (tertiary alicyclic amines) is 1. The zero-order valence-electron chi connectivity index (χ0n) is 18.1. The number of aryl methyl sites for hydroxylation is 2. The van der Waals surface area contributed by atoms with Crippen LogP contribution in [0.1, 0.15) is 41.3 Å². The smallest absolute Gasteiger partial charge is 0.336 e. The fourth-order valence-corrected chi connectivity index (χ4v) is 4.40. The van der Waals surface area contributed by atoms with Gasteiger partial charge >= 0.3 is 5.63 Å². The first-order valence-corrected chi connectivity index (χ1v) is 10.8. The quantitative estimate of drug-likeness (QED) is 0.423. The summed E-state index contributed by atoms with van der Waals surface area (Å²) in [4.78, 5) is 19.0. The zero-order valence-corrected chi connectivity index (χ0v) is 18.1. The number of rotatable bonds is 4. The van der Waals surface area contributed by atoms with E-state index in [2.05, 4.69) is 28.0 Å². The van der Waals surface area contributed by atoms with Gasteiger partial charge in [-0.2, -0.15) is 4.98 Å². The van der Waals surface area contributed by atoms with Crippen molar-refractivity contribution >= 4 is 11.0 Å². The van der Waals surface area contributed by atoms with Gasteiger partial charge in [0.05, 0.1) is 5.92 Å². The number of aromatic nitrogens is 2. The molecular formula is C25H24FN3O3. The van der Waals surface area contributed by atoms with Gasteiger partial charge < -0.3 is 8.94 Å². The molecule has 2 aromatic carbocycles. The number of benzene rings is 2. The van der Waals surface area contributed by atoms with E-state index in [4.69, 9.17) is 8.94 Å². The van der Waals surface area contributed by atoms with Crippen LogP contribution in [0.3, 0.4) is 0 Å². The molecule has 0 amide bonds. The SMILES string of the molecule is Cc1cc2oc(=O)cc(CN3CCCC(c4nc(-c5cccc(F)c5)no4)C3)c2cc1C. The molecule has 1 fully saturated rings. The summed E-state index contributed by atoms with van der Waals surface area (Å²) in [5.74, 6) is 0.726. The zero-order chi connectivity index (χ0) is 22.2. The van der Waals surface area contributed by atoms with Gasteiger partial charge in [-0.25, -0.2) is 9.18 Å². The van der Waals surface area contributed by atoms with Crippen molar-refractivity contribution in [3.8, 4) is 11.4 Å². The summed E-state index contributed by atoms with van der Waals surface area (Å²) in [5.41, 5.74) is 4.12. The maximum absolute atomic E-state index is 13.5. The van der Waals surface area contributed by atoms with E-state index in [1.807, 2.05) is 13.0 Å². The van der Waals surface area contributed by atoms with Crippen molar-refractivity contribution < 1.29 is 13.3 Å². The molecule has 0 aliphatic carbocycles. The van der Waals surface area contributed by atoms with Gasteiger partial charge in [0.25, 0.3) is 0 Å². The van der Waals surface area contributed by atoms with Crippen molar-refractivity contribution in [2.75, 3.05) is 13.1 Å². The summed E-state index contributed by atoms with van der Waals surface area (Å²) < 4.78 is 24.5. The Kier molecular flexibility index (Phi) is 5.35. The van der Waals surface area contributed by atoms with Gasteiger partial charge in [-0.1, -0.05) is 17.3 Å². The van der Waals surface area contributed by atoms with Crippen LogP contribution in [0.25, 0.3) is 22.4 Å². The third kappa shape index (κ3) is 4.08. The molecule has 1 aliphatic rings. The number of piperidine rings is 1. The minimum atomic E-state index is -0.332. The molecule has 0 N–H and O–H groups in total. The van der Waals surface area contributed by atoms with Gasteiger partial charge in [-0.15, -0.1) is 0 Å². The van der Waals surface area contributed by atoms with Crippen molar-refractivity contribution in [3.05, 3.63) is 81.3 Å². The Morgan fingerprint density at radius 2 is 2.00 bits per heavy atom. The lowest BCUT2D eigenvalue weighted by atomic mass is 9.96. The second-order valence-electron chi connectivity index (χ2n) is 8.56. The van der Waals surface area contributed by atoms with Crippen molar-refractivity contribution in [1.29, 1.82) is 0 Å². The second kappa shape index (κ2) is 8.31. The van der Waals surface area contributed by atoms with Crippen LogP contribution < -0.4 is 5.63 Å². The maximum Gasteiger partial charge on any atom is 0.336 e. The summed E-state index contributed by atoms with van der Waals surface area (Å²) in [7, 11) is 0. The largest absolute Gasteiger partial charge is 0.423 e. The lowest BCUT2D eigenvalue weighted by molar-refractivity contribution is 0.180. The molecule has 0 spiro atoms. The van der Waals surface area contributed by atoms with Gasteiger partial charge in [0, 0.05) is 30.1 Å². The van der Waals surface area contributed by atoms with Gasteiger partial charge in [0.15, 0.2) is 0 Å². The highest BCUT2D eigenvalue weighted by atomic mass is 19.1. The van der Waals surface area contributed by atoms with Gasteiger partial charge in [-0.05, 0) is 74.2 Å². The molecule has 1 aliphatic heterocycles. The number of nitrogens with zero attached hydrogens (tertiary/aromatic N) is 3. The number of hydrogen-bond acceptors (Lipinski definition) is 6. The summed E-state index contributed by atoms with van der Waals surface area (Å²) in [6, 6.07) is 11.8. The molecular weight excluding hydrogens is 409 g/mol. The van der Waals surface area contributed by atoms with Gasteiger partial charge in [0.1, 0.15) is 11.4 Å². The van der Waals surface area contributed by atoms with E-state index in [9.17, 15) is 9.18 Å². The lowest BCUT2D eigenvalue weighted by Gasteiger charge is -2.31. The molecule has 0 saturated carbocycles. The minimum absolute atomic E-state index is 0.0916. The normalized spacial score (nSPS) is 17.2. The molecule has 7 heteroatoms. The molecule has 32 heavy (non-hydrogen) atoms. The van der Waals surface area contributed by atoms with E-state index in [1.165, 1.54) is 17.7 Å². The third-order valence-electron chi connectivity index (χ3n) is 6.22. The summed E-state index contributed by atoms with van der Waals surface area (Å²) in [6.45, 7) is 6.39. The first kappa shape index (κ1) is 20.6. The topological polar surface area (TPSA) is 72.4 Å². The number of halogens is 1. The van der Waals surface area contributed by atoms with Crippen LogP contribution in [0.2, 0.25) is 0 Å². The van der Waals surface area contributed by atoms with Crippen LogP contribution in [0.15, 0.2) is 56.2 Å². The van der Waals surface area contributed by atoms with Crippen LogP contribution in [0.4, 0.5) is 4.39 Å². The van der Waals surface area contributed by atoms with Gasteiger partial charge in [-0.3, -0.25) is 4.90 Å². The molecule has 4 aromatic rings. The fraction of sp³-hybridized carbons (Fsp3) is 0.320.